The molecule has 0 unspecified atom stereocenters. The molecule has 0 bridgehead atoms. The molecule has 0 aliphatic carbocycles. The van der Waals surface area contributed by atoms with Crippen LogP contribution in [0.2, 0.25) is 0 Å². The van der Waals surface area contributed by atoms with E-state index in [4.69, 9.17) is 10.2 Å². The van der Waals surface area contributed by atoms with Gasteiger partial charge in [-0.15, -0.1) is 0 Å². The van der Waals surface area contributed by atoms with Gasteiger partial charge in [0.15, 0.2) is 0 Å². The predicted octanol–water partition coefficient (Wildman–Crippen LogP) is 1.21. The van der Waals surface area contributed by atoms with E-state index in [9.17, 15) is 9.59 Å². The van der Waals surface area contributed by atoms with Crippen molar-refractivity contribution in [3.8, 4) is 0 Å². The molecule has 3 N–H and O–H groups in total. The minimum absolute atomic E-state index is 0.248. The van der Waals surface area contributed by atoms with Gasteiger partial charge in [0, 0.05) is 6.42 Å². The lowest BCUT2D eigenvalue weighted by molar-refractivity contribution is -0.137. The number of hydrogen-bond donors (Lipinski definition) is 3. The predicted molar refractivity (Wildman–Crippen MR) is 55.5 cm³/mol. The highest BCUT2D eigenvalue weighted by molar-refractivity contribution is 5.80. The molecule has 5 heteroatoms. The van der Waals surface area contributed by atoms with Crippen LogP contribution < -0.4 is 5.32 Å². The number of carboxylic acid groups (broad SMARTS) is 1. The van der Waals surface area contributed by atoms with Crippen LogP contribution in [0.5, 0.6) is 0 Å². The van der Waals surface area contributed by atoms with Crippen molar-refractivity contribution in [3.05, 3.63) is 11.8 Å². The largest absolute Gasteiger partial charge is 0.513 e. The molecule has 0 aromatic rings. The Morgan fingerprint density at radius 1 is 1.27 bits per heavy atom. The van der Waals surface area contributed by atoms with Crippen LogP contribution in [0.25, 0.3) is 0 Å². The molecule has 15 heavy (non-hydrogen) atoms. The van der Waals surface area contributed by atoms with Crippen molar-refractivity contribution in [2.24, 2.45) is 0 Å². The van der Waals surface area contributed by atoms with E-state index in [0.29, 0.717) is 12.8 Å². The highest BCUT2D eigenvalue weighted by atomic mass is 16.4. The molecule has 1 amide bonds. The number of carboxylic acids is 1. The van der Waals surface area contributed by atoms with Gasteiger partial charge in [-0.1, -0.05) is 0 Å². The highest BCUT2D eigenvalue weighted by Gasteiger charge is 2.02. The smallest absolute Gasteiger partial charge is 0.322 e. The van der Waals surface area contributed by atoms with Crippen molar-refractivity contribution in [1.29, 1.82) is 0 Å². The third-order valence-electron chi connectivity index (χ3n) is 1.73. The van der Waals surface area contributed by atoms with Gasteiger partial charge in [-0.2, -0.15) is 0 Å². The molecular weight excluding hydrogens is 198 g/mol. The summed E-state index contributed by atoms with van der Waals surface area (Å²) in [6.07, 6.45) is 4.24. The third kappa shape index (κ3) is 10.4. The summed E-state index contributed by atoms with van der Waals surface area (Å²) in [5.41, 5.74) is 0. The Kier molecular flexibility index (Phi) is 7.05. The summed E-state index contributed by atoms with van der Waals surface area (Å²) in [5, 5.41) is 19.4. The number of nitrogens with one attached hydrogen (secondary N) is 1. The summed E-state index contributed by atoms with van der Waals surface area (Å²) in [6, 6.07) is 0. The first-order chi connectivity index (χ1) is 7.02. The number of rotatable bonds is 7. The second-order valence-corrected chi connectivity index (χ2v) is 3.26. The maximum absolute atomic E-state index is 11.0. The Morgan fingerprint density at radius 2 is 1.93 bits per heavy atom. The zero-order chi connectivity index (χ0) is 11.7. The number of hydrogen-bond acceptors (Lipinski definition) is 3. The summed E-state index contributed by atoms with van der Waals surface area (Å²) < 4.78 is 0. The van der Waals surface area contributed by atoms with Gasteiger partial charge >= 0.3 is 5.97 Å². The maximum Gasteiger partial charge on any atom is 0.322 e. The lowest BCUT2D eigenvalue weighted by Crippen LogP contribution is -2.28. The molecule has 0 radical (unpaired) electrons. The summed E-state index contributed by atoms with van der Waals surface area (Å²) in [7, 11) is 0. The molecule has 0 aliphatic heterocycles. The molecule has 0 atom stereocenters. The van der Waals surface area contributed by atoms with Crippen molar-refractivity contribution < 1.29 is 19.8 Å². The van der Waals surface area contributed by atoms with Crippen molar-refractivity contribution in [1.82, 2.24) is 5.32 Å². The van der Waals surface area contributed by atoms with Crippen LogP contribution in [0.1, 0.15) is 32.6 Å². The van der Waals surface area contributed by atoms with Gasteiger partial charge in [-0.25, -0.2) is 0 Å². The molecule has 0 spiro atoms. The summed E-state index contributed by atoms with van der Waals surface area (Å²) in [5.74, 6) is -1.00. The molecule has 0 aliphatic rings. The highest BCUT2D eigenvalue weighted by Crippen LogP contribution is 2.02. The number of aliphatic hydroxyl groups excluding tert-OH is 1. The van der Waals surface area contributed by atoms with E-state index < -0.39 is 5.97 Å². The van der Waals surface area contributed by atoms with Gasteiger partial charge in [0.05, 0.1) is 5.76 Å². The van der Waals surface area contributed by atoms with E-state index in [1.807, 2.05) is 0 Å². The number of amides is 1. The van der Waals surface area contributed by atoms with Crippen molar-refractivity contribution >= 4 is 11.9 Å². The van der Waals surface area contributed by atoms with E-state index in [-0.39, 0.29) is 18.2 Å². The van der Waals surface area contributed by atoms with E-state index in [0.717, 1.165) is 12.8 Å². The molecule has 0 saturated carbocycles. The Labute approximate surface area is 88.8 Å². The standard InChI is InChI=1S/C10H17NO4/c1-8(12)5-3-2-4-6-9(13)11-7-10(14)15/h5,12H,2-4,6-7H2,1H3,(H,11,13)(H,14,15)/b8-5-. The summed E-state index contributed by atoms with van der Waals surface area (Å²) in [6.45, 7) is 1.27. The van der Waals surface area contributed by atoms with Crippen molar-refractivity contribution in [3.63, 3.8) is 0 Å². The molecule has 0 aromatic carbocycles. The molecule has 0 saturated heterocycles. The van der Waals surface area contributed by atoms with Gasteiger partial charge < -0.3 is 15.5 Å². The fraction of sp³-hybridized carbons (Fsp3) is 0.600. The number of aliphatic hydroxyl groups is 1. The average molecular weight is 215 g/mol. The number of allylic oxidation sites excluding steroid dienone is 2. The fourth-order valence-corrected chi connectivity index (χ4v) is 1.00. The normalized spacial score (nSPS) is 11.1. The zero-order valence-corrected chi connectivity index (χ0v) is 8.82. The first-order valence-electron chi connectivity index (χ1n) is 4.86. The minimum Gasteiger partial charge on any atom is -0.513 e. The molecule has 86 valence electrons. The van der Waals surface area contributed by atoms with Crippen LogP contribution in [0.3, 0.4) is 0 Å². The van der Waals surface area contributed by atoms with Crippen molar-refractivity contribution in [2.75, 3.05) is 6.54 Å². The van der Waals surface area contributed by atoms with Gasteiger partial charge in [0.25, 0.3) is 0 Å². The van der Waals surface area contributed by atoms with Gasteiger partial charge in [-0.05, 0) is 32.3 Å². The quantitative estimate of drug-likeness (QED) is 0.440. The first kappa shape index (κ1) is 13.5. The molecule has 0 rings (SSSR count). The summed E-state index contributed by atoms with van der Waals surface area (Å²) >= 11 is 0. The van der Waals surface area contributed by atoms with Crippen LogP contribution in [0, 0.1) is 0 Å². The number of unbranched alkanes of at least 4 members (excludes halogenated alkanes) is 2. The number of carbonyl (C=O) groups is 2. The Bertz CT molecular complexity index is 244. The first-order valence-corrected chi connectivity index (χ1v) is 4.86. The van der Waals surface area contributed by atoms with Crippen LogP contribution in [-0.2, 0) is 9.59 Å². The Morgan fingerprint density at radius 3 is 2.47 bits per heavy atom. The molecule has 5 nitrogen and oxygen atoms in total. The molecule has 0 fully saturated rings. The van der Waals surface area contributed by atoms with Gasteiger partial charge in [0.2, 0.25) is 5.91 Å². The van der Waals surface area contributed by atoms with Gasteiger partial charge in [0.1, 0.15) is 6.54 Å². The SMILES string of the molecule is C/C(O)=C/CCCCC(=O)NCC(=O)O. The van der Waals surface area contributed by atoms with E-state index >= 15 is 0 Å². The van der Waals surface area contributed by atoms with Crippen LogP contribution in [0.15, 0.2) is 11.8 Å². The number of carbonyl (C=O) groups excluding carboxylic acids is 1. The molecule has 0 heterocycles. The fourth-order valence-electron chi connectivity index (χ4n) is 1.00. The maximum atomic E-state index is 11.0. The van der Waals surface area contributed by atoms with Gasteiger partial charge in [-0.3, -0.25) is 9.59 Å². The van der Waals surface area contributed by atoms with Crippen LogP contribution >= 0.6 is 0 Å². The molecule has 0 aromatic heterocycles. The average Bonchev–Trinajstić information content (AvgIpc) is 2.13. The van der Waals surface area contributed by atoms with Crippen molar-refractivity contribution in [2.45, 2.75) is 32.6 Å². The second-order valence-electron chi connectivity index (χ2n) is 3.26. The third-order valence-corrected chi connectivity index (χ3v) is 1.73. The topological polar surface area (TPSA) is 86.6 Å². The lowest BCUT2D eigenvalue weighted by Gasteiger charge is -2.01. The van der Waals surface area contributed by atoms with E-state index in [2.05, 4.69) is 5.32 Å². The monoisotopic (exact) mass is 215 g/mol. The lowest BCUT2D eigenvalue weighted by atomic mass is 10.2. The Balaban J connectivity index is 3.39. The Hall–Kier alpha value is -1.52. The number of aliphatic carboxylic acids is 1. The summed E-state index contributed by atoms with van der Waals surface area (Å²) in [4.78, 5) is 21.1. The van der Waals surface area contributed by atoms with Crippen LogP contribution in [0.4, 0.5) is 0 Å². The van der Waals surface area contributed by atoms with E-state index in [1.165, 1.54) is 0 Å². The van der Waals surface area contributed by atoms with Crippen LogP contribution in [-0.4, -0.2) is 28.6 Å². The minimum atomic E-state index is -1.04. The second kappa shape index (κ2) is 7.84. The molecular formula is C10H17NO4. The van der Waals surface area contributed by atoms with E-state index in [1.54, 1.807) is 13.0 Å². The zero-order valence-electron chi connectivity index (χ0n) is 8.82.